The van der Waals surface area contributed by atoms with Gasteiger partial charge in [0.05, 0.1) is 13.7 Å². The fourth-order valence-electron chi connectivity index (χ4n) is 2.74. The van der Waals surface area contributed by atoms with Gasteiger partial charge in [0, 0.05) is 25.9 Å². The minimum Gasteiger partial charge on any atom is -0.493 e. The molecule has 0 heterocycles. The van der Waals surface area contributed by atoms with Crippen LogP contribution in [0.25, 0.3) is 0 Å². The second kappa shape index (κ2) is 13.5. The zero-order valence-corrected chi connectivity index (χ0v) is 20.4. The Balaban J connectivity index is 0.00000420. The average molecular weight is 533 g/mol. The molecule has 160 valence electrons. The van der Waals surface area contributed by atoms with E-state index in [0.717, 1.165) is 28.2 Å². The summed E-state index contributed by atoms with van der Waals surface area (Å²) in [6.07, 6.45) is 2.01. The van der Waals surface area contributed by atoms with Gasteiger partial charge < -0.3 is 20.1 Å². The molecule has 0 fully saturated rings. The van der Waals surface area contributed by atoms with Crippen LogP contribution in [0.2, 0.25) is 0 Å². The molecular weight excluding hydrogens is 504 g/mol. The smallest absolute Gasteiger partial charge is 0.191 e. The first-order valence-electron chi connectivity index (χ1n) is 9.11. The molecule has 2 rings (SSSR count). The van der Waals surface area contributed by atoms with Crippen molar-refractivity contribution in [2.24, 2.45) is 4.99 Å². The van der Waals surface area contributed by atoms with E-state index in [-0.39, 0.29) is 29.8 Å². The van der Waals surface area contributed by atoms with Crippen molar-refractivity contribution in [3.8, 4) is 11.5 Å². The minimum atomic E-state index is -0.209. The largest absolute Gasteiger partial charge is 0.493 e. The number of ether oxygens (including phenoxy) is 2. The normalized spacial score (nSPS) is 10.9. The Labute approximate surface area is 193 Å². The molecular formula is C21H29FIN3O2S. The summed E-state index contributed by atoms with van der Waals surface area (Å²) < 4.78 is 24.4. The molecule has 0 saturated heterocycles. The average Bonchev–Trinajstić information content (AvgIpc) is 2.70. The summed E-state index contributed by atoms with van der Waals surface area (Å²) in [5.74, 6) is 2.67. The number of guanidine groups is 1. The lowest BCUT2D eigenvalue weighted by molar-refractivity contribution is 0.310. The van der Waals surface area contributed by atoms with E-state index in [4.69, 9.17) is 9.47 Å². The van der Waals surface area contributed by atoms with E-state index in [9.17, 15) is 4.39 Å². The molecule has 0 unspecified atom stereocenters. The number of nitrogens with one attached hydrogen (secondary N) is 2. The summed E-state index contributed by atoms with van der Waals surface area (Å²) in [6, 6.07) is 10.7. The van der Waals surface area contributed by atoms with Gasteiger partial charge in [0.15, 0.2) is 17.5 Å². The molecule has 0 spiro atoms. The Hall–Kier alpha value is -1.68. The molecule has 2 aromatic carbocycles. The van der Waals surface area contributed by atoms with E-state index in [2.05, 4.69) is 15.6 Å². The summed E-state index contributed by atoms with van der Waals surface area (Å²) >= 11 is 1.67. The molecule has 0 amide bonds. The predicted octanol–water partition coefficient (Wildman–Crippen LogP) is 4.58. The molecule has 0 aliphatic heterocycles. The molecule has 0 aliphatic carbocycles. The van der Waals surface area contributed by atoms with E-state index >= 15 is 0 Å². The van der Waals surface area contributed by atoms with Crippen LogP contribution in [-0.2, 0) is 18.8 Å². The fraction of sp³-hybridized carbons (Fsp3) is 0.381. The second-order valence-electron chi connectivity index (χ2n) is 6.04. The Morgan fingerprint density at radius 3 is 2.48 bits per heavy atom. The van der Waals surface area contributed by atoms with Crippen molar-refractivity contribution in [1.29, 1.82) is 0 Å². The highest BCUT2D eigenvalue weighted by Gasteiger charge is 2.08. The van der Waals surface area contributed by atoms with Crippen LogP contribution >= 0.6 is 35.7 Å². The maximum absolute atomic E-state index is 13.5. The number of nitrogens with zero attached hydrogens (tertiary/aromatic N) is 1. The molecule has 2 N–H and O–H groups in total. The van der Waals surface area contributed by atoms with Gasteiger partial charge in [-0.2, -0.15) is 11.8 Å². The molecule has 0 aliphatic rings. The topological polar surface area (TPSA) is 54.9 Å². The Morgan fingerprint density at radius 1 is 1.07 bits per heavy atom. The highest BCUT2D eigenvalue weighted by molar-refractivity contribution is 14.0. The summed E-state index contributed by atoms with van der Waals surface area (Å²) in [5, 5.41) is 6.57. The zero-order valence-electron chi connectivity index (χ0n) is 17.3. The Bertz CT molecular complexity index is 805. The van der Waals surface area contributed by atoms with Crippen LogP contribution < -0.4 is 20.1 Å². The SMILES string of the molecule is CCOc1ccc(CNC(=NC)NCc2ccc(F)cc2CSC)cc1OC.I. The highest BCUT2D eigenvalue weighted by Crippen LogP contribution is 2.28. The van der Waals surface area contributed by atoms with Gasteiger partial charge >= 0.3 is 0 Å². The van der Waals surface area contributed by atoms with Gasteiger partial charge in [-0.3, -0.25) is 4.99 Å². The lowest BCUT2D eigenvalue weighted by Gasteiger charge is -2.15. The molecule has 0 radical (unpaired) electrons. The first-order chi connectivity index (χ1) is 13.6. The van der Waals surface area contributed by atoms with Crippen LogP contribution in [0, 0.1) is 5.82 Å². The van der Waals surface area contributed by atoms with Crippen molar-refractivity contribution in [1.82, 2.24) is 10.6 Å². The number of halogens is 2. The van der Waals surface area contributed by atoms with E-state index in [1.807, 2.05) is 37.4 Å². The summed E-state index contributed by atoms with van der Waals surface area (Å²) in [4.78, 5) is 4.26. The monoisotopic (exact) mass is 533 g/mol. The third-order valence-corrected chi connectivity index (χ3v) is 4.73. The van der Waals surface area contributed by atoms with E-state index in [1.165, 1.54) is 6.07 Å². The molecule has 0 aromatic heterocycles. The van der Waals surface area contributed by atoms with Crippen molar-refractivity contribution in [2.75, 3.05) is 27.0 Å². The lowest BCUT2D eigenvalue weighted by atomic mass is 10.1. The highest BCUT2D eigenvalue weighted by atomic mass is 127. The number of methoxy groups -OCH3 is 1. The first-order valence-corrected chi connectivity index (χ1v) is 10.5. The van der Waals surface area contributed by atoms with Gasteiger partial charge in [-0.05, 0) is 54.1 Å². The maximum Gasteiger partial charge on any atom is 0.191 e. The van der Waals surface area contributed by atoms with Crippen LogP contribution in [0.15, 0.2) is 41.4 Å². The van der Waals surface area contributed by atoms with Gasteiger partial charge in [-0.15, -0.1) is 24.0 Å². The van der Waals surface area contributed by atoms with E-state index < -0.39 is 0 Å². The van der Waals surface area contributed by atoms with E-state index in [1.54, 1.807) is 32.0 Å². The standard InChI is InChI=1S/C21H28FN3O2S.HI/c1-5-27-19-9-6-15(10-20(19)26-3)12-24-21(23-2)25-13-16-7-8-18(22)11-17(16)14-28-4;/h6-11H,5,12-14H2,1-4H3,(H2,23,24,25);1H. The second-order valence-corrected chi connectivity index (χ2v) is 6.91. The Morgan fingerprint density at radius 2 is 1.83 bits per heavy atom. The summed E-state index contributed by atoms with van der Waals surface area (Å²) in [5.41, 5.74) is 3.10. The molecule has 0 atom stereocenters. The molecule has 8 heteroatoms. The summed E-state index contributed by atoms with van der Waals surface area (Å²) in [7, 11) is 3.35. The van der Waals surface area contributed by atoms with Crippen molar-refractivity contribution in [2.45, 2.75) is 25.8 Å². The molecule has 0 bridgehead atoms. The predicted molar refractivity (Wildman–Crippen MR) is 130 cm³/mol. The number of hydrogen-bond acceptors (Lipinski definition) is 4. The zero-order chi connectivity index (χ0) is 20.4. The molecule has 29 heavy (non-hydrogen) atoms. The maximum atomic E-state index is 13.5. The van der Waals surface area contributed by atoms with Gasteiger partial charge in [-0.25, -0.2) is 4.39 Å². The first kappa shape index (κ1) is 25.4. The van der Waals surface area contributed by atoms with Crippen LogP contribution in [0.1, 0.15) is 23.6 Å². The number of rotatable bonds is 9. The van der Waals surface area contributed by atoms with Gasteiger partial charge in [-0.1, -0.05) is 12.1 Å². The van der Waals surface area contributed by atoms with Gasteiger partial charge in [0.25, 0.3) is 0 Å². The van der Waals surface area contributed by atoms with Crippen molar-refractivity contribution >= 4 is 41.7 Å². The number of hydrogen-bond donors (Lipinski definition) is 2. The van der Waals surface area contributed by atoms with Crippen molar-refractivity contribution < 1.29 is 13.9 Å². The van der Waals surface area contributed by atoms with Crippen molar-refractivity contribution in [3.63, 3.8) is 0 Å². The number of aliphatic imine (C=N–C) groups is 1. The van der Waals surface area contributed by atoms with Crippen LogP contribution in [0.4, 0.5) is 4.39 Å². The Kier molecular flexibility index (Phi) is 11.8. The third kappa shape index (κ3) is 7.93. The number of benzene rings is 2. The van der Waals surface area contributed by atoms with E-state index in [0.29, 0.717) is 31.4 Å². The third-order valence-electron chi connectivity index (χ3n) is 4.13. The number of thioether (sulfide) groups is 1. The molecule has 0 saturated carbocycles. The van der Waals surface area contributed by atoms with Crippen molar-refractivity contribution in [3.05, 3.63) is 58.9 Å². The molecule has 2 aromatic rings. The van der Waals surface area contributed by atoms with Crippen LogP contribution in [0.5, 0.6) is 11.5 Å². The van der Waals surface area contributed by atoms with Gasteiger partial charge in [0.1, 0.15) is 5.82 Å². The van der Waals surface area contributed by atoms with Crippen LogP contribution in [-0.4, -0.2) is 33.0 Å². The van der Waals surface area contributed by atoms with Gasteiger partial charge in [0.2, 0.25) is 0 Å². The fourth-order valence-corrected chi connectivity index (χ4v) is 3.32. The van der Waals surface area contributed by atoms with Crippen LogP contribution in [0.3, 0.4) is 0 Å². The minimum absolute atomic E-state index is 0. The lowest BCUT2D eigenvalue weighted by Crippen LogP contribution is -2.36. The molecule has 5 nitrogen and oxygen atoms in total. The summed E-state index contributed by atoms with van der Waals surface area (Å²) in [6.45, 7) is 3.69. The quantitative estimate of drug-likeness (QED) is 0.281.